The zero-order valence-corrected chi connectivity index (χ0v) is 15.5. The second-order valence-electron chi connectivity index (χ2n) is 6.79. The monoisotopic (exact) mass is 332 g/mol. The number of rotatable bonds is 15. The molecule has 0 aliphatic rings. The van der Waals surface area contributed by atoms with Crippen LogP contribution in [-0.4, -0.2) is 10.9 Å². The van der Waals surface area contributed by atoms with Crippen molar-refractivity contribution in [1.82, 2.24) is 0 Å². The van der Waals surface area contributed by atoms with Crippen LogP contribution in [0.1, 0.15) is 83.1 Å². The van der Waals surface area contributed by atoms with E-state index in [2.05, 4.69) is 13.5 Å². The molecule has 1 atom stereocenters. The quantitative estimate of drug-likeness (QED) is 0.229. The molecule has 0 spiro atoms. The highest BCUT2D eigenvalue weighted by Gasteiger charge is 2.25. The zero-order valence-electron chi connectivity index (χ0n) is 15.5. The average Bonchev–Trinajstić information content (AvgIpc) is 2.60. The molecule has 1 aromatic carbocycles. The van der Waals surface area contributed by atoms with E-state index >= 15 is 0 Å². The molecule has 0 heterocycles. The number of aliphatic hydroxyl groups is 1. The SMILES string of the molecule is C=CC[C@@](O)(CCCCCCCCCCC)OCc1ccccc1. The molecule has 0 aromatic heterocycles. The Labute approximate surface area is 148 Å². The van der Waals surface area contributed by atoms with Gasteiger partial charge in [-0.2, -0.15) is 0 Å². The summed E-state index contributed by atoms with van der Waals surface area (Å²) in [4.78, 5) is 0. The van der Waals surface area contributed by atoms with Crippen LogP contribution in [-0.2, 0) is 11.3 Å². The maximum absolute atomic E-state index is 10.7. The van der Waals surface area contributed by atoms with Gasteiger partial charge in [-0.1, -0.05) is 94.7 Å². The third kappa shape index (κ3) is 9.89. The highest BCUT2D eigenvalue weighted by Crippen LogP contribution is 2.23. The number of ether oxygens (including phenoxy) is 1. The van der Waals surface area contributed by atoms with Crippen molar-refractivity contribution in [2.75, 3.05) is 0 Å². The zero-order chi connectivity index (χ0) is 17.5. The first kappa shape index (κ1) is 20.9. The summed E-state index contributed by atoms with van der Waals surface area (Å²) in [5.41, 5.74) is 1.09. The minimum Gasteiger partial charge on any atom is -0.365 e. The molecule has 0 saturated carbocycles. The Morgan fingerprint density at radius 1 is 0.958 bits per heavy atom. The van der Waals surface area contributed by atoms with Crippen molar-refractivity contribution >= 4 is 0 Å². The molecule has 1 N–H and O–H groups in total. The van der Waals surface area contributed by atoms with Gasteiger partial charge in [0.2, 0.25) is 0 Å². The normalized spacial score (nSPS) is 13.6. The second kappa shape index (κ2) is 13.2. The smallest absolute Gasteiger partial charge is 0.169 e. The Morgan fingerprint density at radius 2 is 1.54 bits per heavy atom. The molecule has 136 valence electrons. The summed E-state index contributed by atoms with van der Waals surface area (Å²) in [7, 11) is 0. The first-order valence-electron chi connectivity index (χ1n) is 9.71. The molecule has 2 nitrogen and oxygen atoms in total. The lowest BCUT2D eigenvalue weighted by molar-refractivity contribution is -0.213. The Morgan fingerprint density at radius 3 is 2.12 bits per heavy atom. The number of hydrogen-bond acceptors (Lipinski definition) is 2. The summed E-state index contributed by atoms with van der Waals surface area (Å²) in [6, 6.07) is 10.0. The number of unbranched alkanes of at least 4 members (excludes halogenated alkanes) is 8. The van der Waals surface area contributed by atoms with E-state index in [0.717, 1.165) is 12.0 Å². The topological polar surface area (TPSA) is 29.5 Å². The van der Waals surface area contributed by atoms with E-state index in [0.29, 0.717) is 19.4 Å². The van der Waals surface area contributed by atoms with E-state index < -0.39 is 5.79 Å². The predicted octanol–water partition coefficient (Wildman–Crippen LogP) is 6.39. The lowest BCUT2D eigenvalue weighted by Gasteiger charge is -2.27. The molecule has 0 aliphatic carbocycles. The molecular formula is C22H36O2. The van der Waals surface area contributed by atoms with Crippen LogP contribution < -0.4 is 0 Å². The van der Waals surface area contributed by atoms with Gasteiger partial charge in [0.05, 0.1) is 6.61 Å². The molecule has 0 fully saturated rings. The first-order valence-corrected chi connectivity index (χ1v) is 9.71. The van der Waals surface area contributed by atoms with Gasteiger partial charge in [-0.15, -0.1) is 6.58 Å². The van der Waals surface area contributed by atoms with Crippen LogP contribution in [0.3, 0.4) is 0 Å². The molecule has 2 heteroatoms. The van der Waals surface area contributed by atoms with Crippen LogP contribution in [0.4, 0.5) is 0 Å². The predicted molar refractivity (Wildman–Crippen MR) is 103 cm³/mol. The maximum Gasteiger partial charge on any atom is 0.169 e. The van der Waals surface area contributed by atoms with Crippen LogP contribution in [0.25, 0.3) is 0 Å². The second-order valence-corrected chi connectivity index (χ2v) is 6.79. The van der Waals surface area contributed by atoms with Gasteiger partial charge in [-0.05, 0) is 12.0 Å². The summed E-state index contributed by atoms with van der Waals surface area (Å²) in [5, 5.41) is 10.7. The third-order valence-electron chi connectivity index (χ3n) is 4.48. The standard InChI is InChI=1S/C22H36O2/c1-3-5-6-7-8-9-10-11-15-19-22(23,18-4-2)24-20-21-16-13-12-14-17-21/h4,12-14,16-17,23H,2-3,5-11,15,18-20H2,1H3/t22-/m0/s1. The summed E-state index contributed by atoms with van der Waals surface area (Å²) in [6.45, 7) is 6.46. The lowest BCUT2D eigenvalue weighted by atomic mass is 10.0. The largest absolute Gasteiger partial charge is 0.365 e. The molecule has 0 unspecified atom stereocenters. The fraction of sp³-hybridized carbons (Fsp3) is 0.636. The van der Waals surface area contributed by atoms with Crippen molar-refractivity contribution in [1.29, 1.82) is 0 Å². The lowest BCUT2D eigenvalue weighted by Crippen LogP contribution is -2.31. The van der Waals surface area contributed by atoms with E-state index in [9.17, 15) is 5.11 Å². The Hall–Kier alpha value is -1.12. The molecule has 0 amide bonds. The number of hydrogen-bond donors (Lipinski definition) is 1. The molecular weight excluding hydrogens is 296 g/mol. The van der Waals surface area contributed by atoms with Gasteiger partial charge in [0.1, 0.15) is 0 Å². The van der Waals surface area contributed by atoms with Crippen molar-refractivity contribution in [3.63, 3.8) is 0 Å². The fourth-order valence-electron chi connectivity index (χ4n) is 2.96. The van der Waals surface area contributed by atoms with Crippen LogP contribution >= 0.6 is 0 Å². The van der Waals surface area contributed by atoms with E-state index in [1.165, 1.54) is 51.4 Å². The minimum atomic E-state index is -1.07. The Balaban J connectivity index is 2.18. The van der Waals surface area contributed by atoms with Gasteiger partial charge in [0.25, 0.3) is 0 Å². The van der Waals surface area contributed by atoms with Crippen LogP contribution in [0, 0.1) is 0 Å². The summed E-state index contributed by atoms with van der Waals surface area (Å²) in [5.74, 6) is -1.07. The van der Waals surface area contributed by atoms with Crippen molar-refractivity contribution in [2.24, 2.45) is 0 Å². The van der Waals surface area contributed by atoms with E-state index in [-0.39, 0.29) is 0 Å². The van der Waals surface area contributed by atoms with Gasteiger partial charge in [0, 0.05) is 12.8 Å². The van der Waals surface area contributed by atoms with Crippen LogP contribution in [0.2, 0.25) is 0 Å². The van der Waals surface area contributed by atoms with Gasteiger partial charge < -0.3 is 9.84 Å². The highest BCUT2D eigenvalue weighted by molar-refractivity contribution is 5.13. The molecule has 0 saturated heterocycles. The Bertz CT molecular complexity index is 415. The van der Waals surface area contributed by atoms with Gasteiger partial charge >= 0.3 is 0 Å². The van der Waals surface area contributed by atoms with Crippen molar-refractivity contribution in [3.05, 3.63) is 48.6 Å². The molecule has 0 bridgehead atoms. The molecule has 0 radical (unpaired) electrons. The minimum absolute atomic E-state index is 0.447. The highest BCUT2D eigenvalue weighted by atomic mass is 16.6. The summed E-state index contributed by atoms with van der Waals surface area (Å²) < 4.78 is 5.81. The van der Waals surface area contributed by atoms with Crippen LogP contribution in [0.15, 0.2) is 43.0 Å². The molecule has 1 rings (SSSR count). The molecule has 24 heavy (non-hydrogen) atoms. The molecule has 1 aromatic rings. The average molecular weight is 333 g/mol. The van der Waals surface area contributed by atoms with Crippen molar-refractivity contribution in [3.8, 4) is 0 Å². The Kier molecular flexibility index (Phi) is 11.5. The summed E-state index contributed by atoms with van der Waals surface area (Å²) in [6.07, 6.45) is 14.4. The van der Waals surface area contributed by atoms with Gasteiger partial charge in [-0.3, -0.25) is 0 Å². The van der Waals surface area contributed by atoms with Crippen molar-refractivity contribution in [2.45, 2.75) is 89.9 Å². The first-order chi connectivity index (χ1) is 11.7. The van der Waals surface area contributed by atoms with Gasteiger partial charge in [0.15, 0.2) is 5.79 Å². The van der Waals surface area contributed by atoms with Gasteiger partial charge in [-0.25, -0.2) is 0 Å². The van der Waals surface area contributed by atoms with E-state index in [1.807, 2.05) is 30.3 Å². The van der Waals surface area contributed by atoms with E-state index in [4.69, 9.17) is 4.74 Å². The maximum atomic E-state index is 10.7. The fourth-order valence-corrected chi connectivity index (χ4v) is 2.96. The van der Waals surface area contributed by atoms with Crippen LogP contribution in [0.5, 0.6) is 0 Å². The third-order valence-corrected chi connectivity index (χ3v) is 4.48. The number of benzene rings is 1. The van der Waals surface area contributed by atoms with Crippen molar-refractivity contribution < 1.29 is 9.84 Å². The van der Waals surface area contributed by atoms with E-state index in [1.54, 1.807) is 6.08 Å². The molecule has 0 aliphatic heterocycles. The summed E-state index contributed by atoms with van der Waals surface area (Å²) >= 11 is 0.